The second kappa shape index (κ2) is 8.69. The van der Waals surface area contributed by atoms with Gasteiger partial charge >= 0.3 is 0 Å². The van der Waals surface area contributed by atoms with Crippen LogP contribution in [0.3, 0.4) is 0 Å². The first-order valence-electron chi connectivity index (χ1n) is 11.1. The van der Waals surface area contributed by atoms with E-state index >= 15 is 0 Å². The third kappa shape index (κ3) is 4.34. The van der Waals surface area contributed by atoms with Crippen LogP contribution in [-0.2, 0) is 10.0 Å². The number of nitrogens with one attached hydrogen (secondary N) is 3. The number of amides is 1. The topological polar surface area (TPSA) is 122 Å². The van der Waals surface area contributed by atoms with Gasteiger partial charge in [-0.3, -0.25) is 4.79 Å². The van der Waals surface area contributed by atoms with Gasteiger partial charge in [0, 0.05) is 23.7 Å². The fraction of sp³-hybridized carbons (Fsp3) is 0.292. The Bertz CT molecular complexity index is 1360. The van der Waals surface area contributed by atoms with E-state index in [4.69, 9.17) is 4.74 Å². The number of aryl methyl sites for hydroxylation is 2. The summed E-state index contributed by atoms with van der Waals surface area (Å²) < 4.78 is 35.0. The number of hydrogen-bond acceptors (Lipinski definition) is 7. The average molecular weight is 480 g/mol. The van der Waals surface area contributed by atoms with Crippen LogP contribution in [0.4, 0.5) is 5.95 Å². The van der Waals surface area contributed by atoms with E-state index in [1.54, 1.807) is 18.2 Å². The van der Waals surface area contributed by atoms with Gasteiger partial charge in [-0.05, 0) is 56.1 Å². The molecule has 3 N–H and O–H groups in total. The van der Waals surface area contributed by atoms with E-state index in [1.165, 1.54) is 12.1 Å². The molecule has 3 aromatic rings. The van der Waals surface area contributed by atoms with Crippen LogP contribution in [0.2, 0.25) is 0 Å². The Labute approximate surface area is 198 Å². The molecular formula is C24H25N5O4S. The van der Waals surface area contributed by atoms with Crippen LogP contribution in [0, 0.1) is 13.8 Å². The van der Waals surface area contributed by atoms with Gasteiger partial charge < -0.3 is 15.4 Å². The molecule has 9 nitrogen and oxygen atoms in total. The van der Waals surface area contributed by atoms with Crippen molar-refractivity contribution in [1.29, 1.82) is 0 Å². The number of piperidine rings is 1. The summed E-state index contributed by atoms with van der Waals surface area (Å²) in [7, 11) is -4.05. The van der Waals surface area contributed by atoms with Crippen molar-refractivity contribution < 1.29 is 17.9 Å². The highest BCUT2D eigenvalue weighted by molar-refractivity contribution is 7.92. The SMILES string of the molecule is Cc1cccc(C)c1-c1cc2nc(n1)NS(=O)(=O)c1cccc(c1)C(=O)NC1CCNCC1O2. The van der Waals surface area contributed by atoms with E-state index in [9.17, 15) is 13.2 Å². The number of carbonyl (C=O) groups is 1. The fourth-order valence-electron chi connectivity index (χ4n) is 4.39. The van der Waals surface area contributed by atoms with E-state index in [0.717, 1.165) is 23.2 Å². The van der Waals surface area contributed by atoms with Crippen molar-refractivity contribution >= 4 is 21.9 Å². The lowest BCUT2D eigenvalue weighted by Gasteiger charge is -2.32. The van der Waals surface area contributed by atoms with E-state index in [2.05, 4.69) is 25.3 Å². The second-order valence-corrected chi connectivity index (χ2v) is 10.2. The number of nitrogens with zero attached hydrogens (tertiary/aromatic N) is 2. The van der Waals surface area contributed by atoms with Crippen LogP contribution in [0.25, 0.3) is 11.3 Å². The van der Waals surface area contributed by atoms with Crippen molar-refractivity contribution in [3.05, 3.63) is 65.2 Å². The Kier molecular flexibility index (Phi) is 5.70. The molecule has 1 saturated heterocycles. The summed E-state index contributed by atoms with van der Waals surface area (Å²) in [6, 6.07) is 13.2. The number of anilines is 1. The molecule has 2 unspecified atom stereocenters. The van der Waals surface area contributed by atoms with E-state index in [-0.39, 0.29) is 34.2 Å². The lowest BCUT2D eigenvalue weighted by Crippen LogP contribution is -2.55. The molecule has 3 heterocycles. The zero-order valence-electron chi connectivity index (χ0n) is 18.8. The van der Waals surface area contributed by atoms with Crippen LogP contribution in [-0.4, -0.2) is 49.5 Å². The molecule has 1 aromatic heterocycles. The maximum atomic E-state index is 13.1. The number of ether oxygens (including phenoxy) is 1. The van der Waals surface area contributed by atoms with Crippen molar-refractivity contribution in [2.75, 3.05) is 17.8 Å². The van der Waals surface area contributed by atoms with E-state index < -0.39 is 16.1 Å². The summed E-state index contributed by atoms with van der Waals surface area (Å²) >= 11 is 0. The molecule has 0 saturated carbocycles. The van der Waals surface area contributed by atoms with Crippen molar-refractivity contribution in [3.63, 3.8) is 0 Å². The lowest BCUT2D eigenvalue weighted by molar-refractivity contribution is 0.0816. The summed E-state index contributed by atoms with van der Waals surface area (Å²) in [6.45, 7) is 5.18. The predicted molar refractivity (Wildman–Crippen MR) is 127 cm³/mol. The zero-order chi connectivity index (χ0) is 23.9. The first-order chi connectivity index (χ1) is 16.3. The van der Waals surface area contributed by atoms with Gasteiger partial charge in [0.15, 0.2) is 0 Å². The number of benzene rings is 2. The standard InChI is InChI=1S/C24H25N5O4S/c1-14-5-3-6-15(2)22(14)19-12-21-28-24(27-19)29-34(31,32)17-8-4-7-16(11-17)23(30)26-18-9-10-25-13-20(18)33-21/h3-8,11-12,18,20,25H,9-10,13H2,1-2H3,(H,26,30)(H,27,28,29). The second-order valence-electron chi connectivity index (χ2n) is 8.54. The molecule has 1 fully saturated rings. The highest BCUT2D eigenvalue weighted by atomic mass is 32.2. The van der Waals surface area contributed by atoms with Gasteiger partial charge in [-0.15, -0.1) is 0 Å². The van der Waals surface area contributed by atoms with Crippen LogP contribution in [0.5, 0.6) is 5.88 Å². The van der Waals surface area contributed by atoms with Crippen molar-refractivity contribution in [3.8, 4) is 17.1 Å². The number of aromatic nitrogens is 2. The highest BCUT2D eigenvalue weighted by Crippen LogP contribution is 2.30. The van der Waals surface area contributed by atoms with Gasteiger partial charge in [0.05, 0.1) is 16.6 Å². The molecule has 34 heavy (non-hydrogen) atoms. The molecule has 2 atom stereocenters. The first kappa shape index (κ1) is 22.3. The summed E-state index contributed by atoms with van der Waals surface area (Å²) in [5.74, 6) is -0.227. The Hall–Kier alpha value is -3.50. The molecule has 2 aromatic carbocycles. The monoisotopic (exact) mass is 479 g/mol. The van der Waals surface area contributed by atoms with Crippen molar-refractivity contribution in [2.45, 2.75) is 37.3 Å². The smallest absolute Gasteiger partial charge is 0.264 e. The molecule has 10 heteroatoms. The maximum absolute atomic E-state index is 13.1. The van der Waals surface area contributed by atoms with E-state index in [1.807, 2.05) is 32.0 Å². The average Bonchev–Trinajstić information content (AvgIpc) is 2.79. The van der Waals surface area contributed by atoms with Gasteiger partial charge in [-0.2, -0.15) is 4.98 Å². The van der Waals surface area contributed by atoms with E-state index in [0.29, 0.717) is 18.7 Å². The molecule has 2 aliphatic heterocycles. The van der Waals surface area contributed by atoms with Gasteiger partial charge in [0.25, 0.3) is 15.9 Å². The molecule has 176 valence electrons. The number of sulfonamides is 1. The number of hydrogen-bond donors (Lipinski definition) is 3. The summed E-state index contributed by atoms with van der Waals surface area (Å²) in [4.78, 5) is 21.8. The number of carbonyl (C=O) groups excluding carboxylic acids is 1. The van der Waals surface area contributed by atoms with Crippen molar-refractivity contribution in [1.82, 2.24) is 20.6 Å². The molecule has 2 aliphatic rings. The Morgan fingerprint density at radius 1 is 1.03 bits per heavy atom. The van der Waals surface area contributed by atoms with Gasteiger partial charge in [-0.1, -0.05) is 24.3 Å². The predicted octanol–water partition coefficient (Wildman–Crippen LogP) is 2.41. The number of rotatable bonds is 1. The normalized spacial score (nSPS) is 21.4. The molecule has 0 aliphatic carbocycles. The summed E-state index contributed by atoms with van der Waals surface area (Å²) in [6.07, 6.45) is 0.265. The zero-order valence-corrected chi connectivity index (χ0v) is 19.6. The maximum Gasteiger partial charge on any atom is 0.264 e. The first-order valence-corrected chi connectivity index (χ1v) is 12.6. The van der Waals surface area contributed by atoms with Crippen LogP contribution in [0.1, 0.15) is 27.9 Å². The summed E-state index contributed by atoms with van der Waals surface area (Å²) in [5, 5.41) is 6.29. The van der Waals surface area contributed by atoms with Crippen LogP contribution < -0.4 is 20.1 Å². The van der Waals surface area contributed by atoms with Crippen molar-refractivity contribution in [2.24, 2.45) is 0 Å². The third-order valence-corrected chi connectivity index (χ3v) is 7.41. The Morgan fingerprint density at radius 2 is 1.79 bits per heavy atom. The minimum Gasteiger partial charge on any atom is -0.471 e. The molecule has 1 amide bonds. The minimum atomic E-state index is -4.05. The van der Waals surface area contributed by atoms with Crippen LogP contribution in [0.15, 0.2) is 53.4 Å². The van der Waals surface area contributed by atoms with Gasteiger partial charge in [0.1, 0.15) is 6.10 Å². The fourth-order valence-corrected chi connectivity index (χ4v) is 5.38. The lowest BCUT2D eigenvalue weighted by atomic mass is 10.00. The van der Waals surface area contributed by atoms with Gasteiger partial charge in [-0.25, -0.2) is 18.1 Å². The molecular weight excluding hydrogens is 454 g/mol. The molecule has 0 radical (unpaired) electrons. The Morgan fingerprint density at radius 3 is 2.59 bits per heavy atom. The molecule has 4 bridgehead atoms. The molecule has 5 rings (SSSR count). The third-order valence-electron chi connectivity index (χ3n) is 6.09. The minimum absolute atomic E-state index is 0.0511. The van der Waals surface area contributed by atoms with Gasteiger partial charge in [0.2, 0.25) is 11.8 Å². The quantitative estimate of drug-likeness (QED) is 0.490. The highest BCUT2D eigenvalue weighted by Gasteiger charge is 2.30. The number of fused-ring (bicyclic) bond motifs is 5. The largest absolute Gasteiger partial charge is 0.471 e. The summed E-state index contributed by atoms with van der Waals surface area (Å²) in [5.41, 5.74) is 3.67. The van der Waals surface area contributed by atoms with Crippen LogP contribution >= 0.6 is 0 Å². The Balaban J connectivity index is 1.68. The molecule has 0 spiro atoms.